The Balaban J connectivity index is 2.30. The molecule has 4 nitrogen and oxygen atoms in total. The van der Waals surface area contributed by atoms with Crippen molar-refractivity contribution < 1.29 is 8.42 Å². The van der Waals surface area contributed by atoms with Crippen LogP contribution in [0.5, 0.6) is 0 Å². The zero-order chi connectivity index (χ0) is 13.5. The quantitative estimate of drug-likeness (QED) is 0.843. The number of benzene rings is 1. The van der Waals surface area contributed by atoms with Crippen molar-refractivity contribution in [3.05, 3.63) is 22.2 Å². The van der Waals surface area contributed by atoms with Crippen molar-refractivity contribution in [3.63, 3.8) is 0 Å². The molecule has 100 valence electrons. The van der Waals surface area contributed by atoms with Crippen LogP contribution in [-0.2, 0) is 10.0 Å². The van der Waals surface area contributed by atoms with Gasteiger partial charge in [0, 0.05) is 11.1 Å². The number of nitrogen functional groups attached to an aromatic ring is 1. The van der Waals surface area contributed by atoms with Crippen LogP contribution in [0.3, 0.4) is 0 Å². The highest BCUT2D eigenvalue weighted by atomic mass is 35.5. The average Bonchev–Trinajstić information content (AvgIpc) is 2.11. The number of hydrogen-bond donors (Lipinski definition) is 2. The monoisotopic (exact) mass is 308 g/mol. The summed E-state index contributed by atoms with van der Waals surface area (Å²) in [5, 5.41) is 0.355. The fourth-order valence-corrected chi connectivity index (χ4v) is 4.39. The summed E-state index contributed by atoms with van der Waals surface area (Å²) in [4.78, 5) is -0.0897. The van der Waals surface area contributed by atoms with E-state index in [0.717, 1.165) is 12.8 Å². The first-order chi connectivity index (χ1) is 8.29. The highest BCUT2D eigenvalue weighted by Gasteiger charge is 2.31. The van der Waals surface area contributed by atoms with Crippen molar-refractivity contribution in [1.82, 2.24) is 4.72 Å². The largest absolute Gasteiger partial charge is 0.398 e. The lowest BCUT2D eigenvalue weighted by Gasteiger charge is -2.33. The molecule has 1 aliphatic rings. The SMILES string of the molecule is CC1CC(NS(=O)(=O)c2c(N)cc(Cl)cc2Cl)C1. The number of sulfonamides is 1. The van der Waals surface area contributed by atoms with Crippen LogP contribution < -0.4 is 10.5 Å². The number of anilines is 1. The molecule has 1 fully saturated rings. The molecular formula is C11H14Cl2N2O2S. The Morgan fingerprint density at radius 1 is 1.33 bits per heavy atom. The van der Waals surface area contributed by atoms with Gasteiger partial charge >= 0.3 is 0 Å². The van der Waals surface area contributed by atoms with Crippen LogP contribution in [0, 0.1) is 5.92 Å². The Bertz CT molecular complexity index is 545. The Morgan fingerprint density at radius 2 is 1.94 bits per heavy atom. The van der Waals surface area contributed by atoms with Crippen LogP contribution in [-0.4, -0.2) is 14.5 Å². The first-order valence-corrected chi connectivity index (χ1v) is 7.80. The van der Waals surface area contributed by atoms with Crippen LogP contribution >= 0.6 is 23.2 Å². The van der Waals surface area contributed by atoms with Gasteiger partial charge in [-0.3, -0.25) is 0 Å². The maximum atomic E-state index is 12.2. The summed E-state index contributed by atoms with van der Waals surface area (Å²) in [5.74, 6) is 0.552. The second-order valence-electron chi connectivity index (χ2n) is 4.70. The molecule has 0 aromatic heterocycles. The van der Waals surface area contributed by atoms with E-state index in [4.69, 9.17) is 28.9 Å². The maximum Gasteiger partial charge on any atom is 0.244 e. The van der Waals surface area contributed by atoms with Crippen LogP contribution in [0.25, 0.3) is 0 Å². The molecule has 2 rings (SSSR count). The third-order valence-corrected chi connectivity index (χ3v) is 5.27. The van der Waals surface area contributed by atoms with Crippen LogP contribution in [0.1, 0.15) is 19.8 Å². The molecule has 0 saturated heterocycles. The van der Waals surface area contributed by atoms with Gasteiger partial charge in [-0.1, -0.05) is 30.1 Å². The molecule has 0 aliphatic heterocycles. The molecular weight excluding hydrogens is 295 g/mol. The standard InChI is InChI=1S/C11H14Cl2N2O2S/c1-6-2-8(3-6)15-18(16,17)11-9(13)4-7(12)5-10(11)14/h4-6,8,15H,2-3,14H2,1H3. The van der Waals surface area contributed by atoms with Gasteiger partial charge in [0.25, 0.3) is 0 Å². The van der Waals surface area contributed by atoms with E-state index in [9.17, 15) is 8.42 Å². The third kappa shape index (κ3) is 2.74. The zero-order valence-corrected chi connectivity index (χ0v) is 12.1. The van der Waals surface area contributed by atoms with Crippen molar-refractivity contribution in [2.45, 2.75) is 30.7 Å². The van der Waals surface area contributed by atoms with Gasteiger partial charge in [0.05, 0.1) is 10.7 Å². The molecule has 7 heteroatoms. The molecule has 1 aromatic rings. The third-order valence-electron chi connectivity index (χ3n) is 3.00. The zero-order valence-electron chi connectivity index (χ0n) is 9.78. The highest BCUT2D eigenvalue weighted by Crippen LogP contribution is 2.33. The van der Waals surface area contributed by atoms with Crippen molar-refractivity contribution in [2.75, 3.05) is 5.73 Å². The Morgan fingerprint density at radius 3 is 2.44 bits per heavy atom. The lowest BCUT2D eigenvalue weighted by Crippen LogP contribution is -2.43. The summed E-state index contributed by atoms with van der Waals surface area (Å²) in [6.45, 7) is 2.08. The minimum Gasteiger partial charge on any atom is -0.398 e. The van der Waals surface area contributed by atoms with Gasteiger partial charge < -0.3 is 5.73 Å². The van der Waals surface area contributed by atoms with E-state index in [0.29, 0.717) is 10.9 Å². The maximum absolute atomic E-state index is 12.2. The average molecular weight is 309 g/mol. The fourth-order valence-electron chi connectivity index (χ4n) is 2.14. The van der Waals surface area contributed by atoms with Gasteiger partial charge in [0.15, 0.2) is 0 Å². The number of nitrogens with one attached hydrogen (secondary N) is 1. The first kappa shape index (κ1) is 13.9. The molecule has 0 radical (unpaired) electrons. The molecule has 1 aromatic carbocycles. The van der Waals surface area contributed by atoms with Crippen LogP contribution in [0.15, 0.2) is 17.0 Å². The van der Waals surface area contributed by atoms with E-state index in [1.54, 1.807) is 0 Å². The number of nitrogens with two attached hydrogens (primary N) is 1. The van der Waals surface area contributed by atoms with Crippen molar-refractivity contribution in [3.8, 4) is 0 Å². The highest BCUT2D eigenvalue weighted by molar-refractivity contribution is 7.89. The van der Waals surface area contributed by atoms with Gasteiger partial charge in [-0.25, -0.2) is 13.1 Å². The predicted octanol–water partition coefficient (Wildman–Crippen LogP) is 2.65. The summed E-state index contributed by atoms with van der Waals surface area (Å²) in [6.07, 6.45) is 1.68. The lowest BCUT2D eigenvalue weighted by atomic mass is 9.83. The molecule has 1 saturated carbocycles. The Hall–Kier alpha value is -0.490. The van der Waals surface area contributed by atoms with Crippen LogP contribution in [0.2, 0.25) is 10.0 Å². The summed E-state index contributed by atoms with van der Waals surface area (Å²) < 4.78 is 27.0. The lowest BCUT2D eigenvalue weighted by molar-refractivity contribution is 0.270. The van der Waals surface area contributed by atoms with Gasteiger partial charge in [0.2, 0.25) is 10.0 Å². The van der Waals surface area contributed by atoms with Gasteiger partial charge in [-0.15, -0.1) is 0 Å². The smallest absolute Gasteiger partial charge is 0.244 e. The summed E-state index contributed by atoms with van der Waals surface area (Å²) in [5.41, 5.74) is 5.75. The van der Waals surface area contributed by atoms with E-state index >= 15 is 0 Å². The Kier molecular flexibility index (Phi) is 3.78. The van der Waals surface area contributed by atoms with Gasteiger partial charge in [-0.05, 0) is 30.9 Å². The second-order valence-corrected chi connectivity index (χ2v) is 7.20. The van der Waals surface area contributed by atoms with Crippen molar-refractivity contribution >= 4 is 38.9 Å². The van der Waals surface area contributed by atoms with Crippen molar-refractivity contribution in [1.29, 1.82) is 0 Å². The van der Waals surface area contributed by atoms with E-state index < -0.39 is 10.0 Å². The van der Waals surface area contributed by atoms with E-state index in [2.05, 4.69) is 11.6 Å². The van der Waals surface area contributed by atoms with E-state index in [1.165, 1.54) is 12.1 Å². The summed E-state index contributed by atoms with van der Waals surface area (Å²) in [7, 11) is -3.69. The number of rotatable bonds is 3. The predicted molar refractivity (Wildman–Crippen MR) is 73.4 cm³/mol. The minimum atomic E-state index is -3.69. The fraction of sp³-hybridized carbons (Fsp3) is 0.455. The molecule has 0 heterocycles. The molecule has 1 aliphatic carbocycles. The number of hydrogen-bond acceptors (Lipinski definition) is 3. The van der Waals surface area contributed by atoms with Gasteiger partial charge in [-0.2, -0.15) is 0 Å². The van der Waals surface area contributed by atoms with Gasteiger partial charge in [0.1, 0.15) is 4.90 Å². The van der Waals surface area contributed by atoms with Crippen molar-refractivity contribution in [2.24, 2.45) is 5.92 Å². The molecule has 0 amide bonds. The molecule has 0 bridgehead atoms. The molecule has 0 unspecified atom stereocenters. The molecule has 0 spiro atoms. The topological polar surface area (TPSA) is 72.2 Å². The minimum absolute atomic E-state index is 0.0313. The van der Waals surface area contributed by atoms with E-state index in [-0.39, 0.29) is 21.6 Å². The molecule has 18 heavy (non-hydrogen) atoms. The van der Waals surface area contributed by atoms with E-state index in [1.807, 2.05) is 0 Å². The Labute approximate surface area is 117 Å². The molecule has 0 atom stereocenters. The summed E-state index contributed by atoms with van der Waals surface area (Å²) >= 11 is 11.7. The normalized spacial score (nSPS) is 23.7. The number of halogens is 2. The first-order valence-electron chi connectivity index (χ1n) is 5.56. The summed E-state index contributed by atoms with van der Waals surface area (Å²) in [6, 6.07) is 2.72. The second kappa shape index (κ2) is 4.89. The van der Waals surface area contributed by atoms with Crippen LogP contribution in [0.4, 0.5) is 5.69 Å². The molecule has 3 N–H and O–H groups in total.